The number of aryl methyl sites for hydroxylation is 1. The summed E-state index contributed by atoms with van der Waals surface area (Å²) in [4.78, 5) is 26.4. The van der Waals surface area contributed by atoms with Crippen LogP contribution in [0.3, 0.4) is 0 Å². The molecule has 0 bridgehead atoms. The number of amides is 2. The van der Waals surface area contributed by atoms with Crippen LogP contribution in [0.15, 0.2) is 6.07 Å². The molecule has 1 N–H and O–H groups in total. The molecule has 1 aromatic rings. The van der Waals surface area contributed by atoms with Crippen LogP contribution < -0.4 is 5.32 Å². The number of rotatable bonds is 2. The monoisotopic (exact) mass is 332 g/mol. The number of nitrogens with zero attached hydrogens (tertiary/aromatic N) is 3. The zero-order chi connectivity index (χ0) is 16.5. The lowest BCUT2D eigenvalue weighted by Gasteiger charge is -2.32. The molecule has 0 aliphatic carbocycles. The van der Waals surface area contributed by atoms with Gasteiger partial charge in [-0.05, 0) is 38.2 Å². The number of likely N-dealkylation sites (tertiary alicyclic amines) is 1. The molecule has 0 spiro atoms. The van der Waals surface area contributed by atoms with Crippen molar-refractivity contribution < 1.29 is 14.3 Å². The van der Waals surface area contributed by atoms with Crippen molar-refractivity contribution in [3.05, 3.63) is 17.5 Å². The van der Waals surface area contributed by atoms with E-state index in [1.807, 2.05) is 15.6 Å². The average Bonchev–Trinajstić information content (AvgIpc) is 3.25. The van der Waals surface area contributed by atoms with Crippen molar-refractivity contribution >= 4 is 11.8 Å². The molecule has 0 saturated carbocycles. The second-order valence-corrected chi connectivity index (χ2v) is 6.89. The molecule has 7 nitrogen and oxygen atoms in total. The van der Waals surface area contributed by atoms with Gasteiger partial charge in [-0.15, -0.1) is 0 Å². The van der Waals surface area contributed by atoms with Gasteiger partial charge in [0.15, 0.2) is 0 Å². The van der Waals surface area contributed by atoms with E-state index in [1.54, 1.807) is 0 Å². The predicted octanol–water partition coefficient (Wildman–Crippen LogP) is 0.902. The summed E-state index contributed by atoms with van der Waals surface area (Å²) < 4.78 is 7.34. The number of hydrogen-bond donors (Lipinski definition) is 1. The van der Waals surface area contributed by atoms with E-state index in [-0.39, 0.29) is 17.9 Å². The molecule has 3 aliphatic heterocycles. The standard InChI is InChI=1S/C17H24N4O3/c22-16-14-11-13(19-21(14)7-2-6-18-16)12-4-8-20(9-5-12)17(23)15-3-1-10-24-15/h11-12,15H,1-10H2,(H,18,22). The summed E-state index contributed by atoms with van der Waals surface area (Å²) in [5, 5.41) is 7.56. The molecule has 1 atom stereocenters. The molecular weight excluding hydrogens is 308 g/mol. The number of nitrogens with one attached hydrogen (secondary N) is 1. The van der Waals surface area contributed by atoms with Gasteiger partial charge in [-0.2, -0.15) is 5.10 Å². The topological polar surface area (TPSA) is 76.5 Å². The van der Waals surface area contributed by atoms with Crippen molar-refractivity contribution in [2.75, 3.05) is 26.2 Å². The molecule has 130 valence electrons. The van der Waals surface area contributed by atoms with Crippen LogP contribution in [0, 0.1) is 0 Å². The summed E-state index contributed by atoms with van der Waals surface area (Å²) in [6.07, 6.45) is 4.31. The summed E-state index contributed by atoms with van der Waals surface area (Å²) in [7, 11) is 0. The van der Waals surface area contributed by atoms with Crippen LogP contribution in [0.4, 0.5) is 0 Å². The van der Waals surface area contributed by atoms with E-state index in [1.165, 1.54) is 0 Å². The van der Waals surface area contributed by atoms with Crippen LogP contribution in [-0.4, -0.2) is 58.8 Å². The Balaban J connectivity index is 1.40. The minimum absolute atomic E-state index is 0.0303. The Hall–Kier alpha value is -1.89. The van der Waals surface area contributed by atoms with Crippen molar-refractivity contribution in [2.24, 2.45) is 0 Å². The molecule has 4 rings (SSSR count). The van der Waals surface area contributed by atoms with Gasteiger partial charge in [0.05, 0.1) is 5.69 Å². The Bertz CT molecular complexity index is 628. The molecule has 1 aromatic heterocycles. The molecule has 24 heavy (non-hydrogen) atoms. The zero-order valence-corrected chi connectivity index (χ0v) is 13.9. The average molecular weight is 332 g/mol. The summed E-state index contributed by atoms with van der Waals surface area (Å²) in [6.45, 7) is 3.69. The molecule has 2 saturated heterocycles. The quantitative estimate of drug-likeness (QED) is 0.873. The fourth-order valence-corrected chi connectivity index (χ4v) is 3.88. The highest BCUT2D eigenvalue weighted by molar-refractivity contribution is 5.92. The van der Waals surface area contributed by atoms with Gasteiger partial charge in [-0.1, -0.05) is 0 Å². The number of hydrogen-bond acceptors (Lipinski definition) is 4. The molecule has 0 aromatic carbocycles. The van der Waals surface area contributed by atoms with E-state index in [0.29, 0.717) is 24.8 Å². The highest BCUT2D eigenvalue weighted by Crippen LogP contribution is 2.29. The third-order valence-electron chi connectivity index (χ3n) is 5.29. The Kier molecular flexibility index (Phi) is 4.26. The van der Waals surface area contributed by atoms with E-state index in [9.17, 15) is 9.59 Å². The van der Waals surface area contributed by atoms with Crippen molar-refractivity contribution in [1.29, 1.82) is 0 Å². The molecule has 0 radical (unpaired) electrons. The molecular formula is C17H24N4O3. The summed E-state index contributed by atoms with van der Waals surface area (Å²) >= 11 is 0. The normalized spacial score (nSPS) is 25.2. The lowest BCUT2D eigenvalue weighted by molar-refractivity contribution is -0.142. The lowest BCUT2D eigenvalue weighted by atomic mass is 9.93. The van der Waals surface area contributed by atoms with Gasteiger partial charge >= 0.3 is 0 Å². The Labute approximate surface area is 141 Å². The fraction of sp³-hybridized carbons (Fsp3) is 0.706. The highest BCUT2D eigenvalue weighted by Gasteiger charge is 2.32. The van der Waals surface area contributed by atoms with Gasteiger partial charge in [0.1, 0.15) is 11.8 Å². The van der Waals surface area contributed by atoms with Gasteiger partial charge in [-0.25, -0.2) is 0 Å². The van der Waals surface area contributed by atoms with Crippen LogP contribution in [0.2, 0.25) is 0 Å². The minimum atomic E-state index is -0.228. The smallest absolute Gasteiger partial charge is 0.269 e. The first-order chi connectivity index (χ1) is 11.7. The van der Waals surface area contributed by atoms with Crippen LogP contribution in [0.1, 0.15) is 54.2 Å². The Morgan fingerprint density at radius 2 is 2.04 bits per heavy atom. The fourth-order valence-electron chi connectivity index (χ4n) is 3.88. The van der Waals surface area contributed by atoms with Crippen LogP contribution in [0.5, 0.6) is 0 Å². The number of carbonyl (C=O) groups excluding carboxylic acids is 2. The first-order valence-electron chi connectivity index (χ1n) is 8.99. The van der Waals surface area contributed by atoms with E-state index in [2.05, 4.69) is 10.4 Å². The number of carbonyl (C=O) groups is 2. The first kappa shape index (κ1) is 15.6. The maximum Gasteiger partial charge on any atom is 0.269 e. The van der Waals surface area contributed by atoms with Crippen LogP contribution in [-0.2, 0) is 16.1 Å². The maximum atomic E-state index is 12.4. The summed E-state index contributed by atoms with van der Waals surface area (Å²) in [5.74, 6) is 0.439. The zero-order valence-electron chi connectivity index (χ0n) is 13.9. The molecule has 2 amide bonds. The van der Waals surface area contributed by atoms with Crippen molar-refractivity contribution in [3.63, 3.8) is 0 Å². The largest absolute Gasteiger partial charge is 0.368 e. The molecule has 4 heterocycles. The maximum absolute atomic E-state index is 12.4. The van der Waals surface area contributed by atoms with Gasteiger partial charge in [0.2, 0.25) is 0 Å². The van der Waals surface area contributed by atoms with Gasteiger partial charge in [-0.3, -0.25) is 14.3 Å². The predicted molar refractivity (Wildman–Crippen MR) is 86.7 cm³/mol. The second-order valence-electron chi connectivity index (χ2n) is 6.89. The number of fused-ring (bicyclic) bond motifs is 1. The van der Waals surface area contributed by atoms with Crippen molar-refractivity contribution in [1.82, 2.24) is 20.0 Å². The van der Waals surface area contributed by atoms with E-state index < -0.39 is 0 Å². The highest BCUT2D eigenvalue weighted by atomic mass is 16.5. The second kappa shape index (κ2) is 6.55. The van der Waals surface area contributed by atoms with Crippen LogP contribution in [0.25, 0.3) is 0 Å². The van der Waals surface area contributed by atoms with Gasteiger partial charge < -0.3 is 15.0 Å². The third-order valence-corrected chi connectivity index (χ3v) is 5.29. The molecule has 2 fully saturated rings. The molecule has 7 heteroatoms. The SMILES string of the molecule is O=C1NCCCn2nc(C3CCN(C(=O)C4CCCO4)CC3)cc21. The van der Waals surface area contributed by atoms with Crippen LogP contribution >= 0.6 is 0 Å². The summed E-state index contributed by atoms with van der Waals surface area (Å²) in [5.41, 5.74) is 1.66. The lowest BCUT2D eigenvalue weighted by Crippen LogP contribution is -2.43. The minimum Gasteiger partial charge on any atom is -0.368 e. The molecule has 3 aliphatic rings. The van der Waals surface area contributed by atoms with E-state index in [0.717, 1.165) is 57.4 Å². The van der Waals surface area contributed by atoms with Gasteiger partial charge in [0, 0.05) is 38.7 Å². The number of ether oxygens (including phenoxy) is 1. The van der Waals surface area contributed by atoms with Gasteiger partial charge in [0.25, 0.3) is 11.8 Å². The van der Waals surface area contributed by atoms with Crippen molar-refractivity contribution in [2.45, 2.75) is 50.7 Å². The Morgan fingerprint density at radius 3 is 2.79 bits per heavy atom. The first-order valence-corrected chi connectivity index (χ1v) is 8.99. The number of piperidine rings is 1. The van der Waals surface area contributed by atoms with E-state index in [4.69, 9.17) is 4.74 Å². The third kappa shape index (κ3) is 2.92. The van der Waals surface area contributed by atoms with E-state index >= 15 is 0 Å². The Morgan fingerprint density at radius 1 is 1.21 bits per heavy atom. The molecule has 1 unspecified atom stereocenters. The van der Waals surface area contributed by atoms with Crippen molar-refractivity contribution in [3.8, 4) is 0 Å². The number of aromatic nitrogens is 2. The summed E-state index contributed by atoms with van der Waals surface area (Å²) in [6, 6.07) is 1.93.